The second-order valence-corrected chi connectivity index (χ2v) is 10.1. The molecule has 1 saturated heterocycles. The topological polar surface area (TPSA) is 93.1 Å². The highest BCUT2D eigenvalue weighted by atomic mass is 79.9. The largest absolute Gasteiger partial charge is 0.444 e. The molecule has 1 aromatic heterocycles. The fraction of sp³-hybridized carbons (Fsp3) is 0.333. The SMILES string of the molecule is O=C(NCC1CC(Br)=NO1)C1CC(Cc2ccccc2)CN1C(=O)OCc1cnc2ccccc2c1. The lowest BCUT2D eigenvalue weighted by Gasteiger charge is -2.23. The summed E-state index contributed by atoms with van der Waals surface area (Å²) in [5.74, 6) is -0.0558. The summed E-state index contributed by atoms with van der Waals surface area (Å²) in [5, 5.41) is 7.78. The molecular formula is C27H27BrN4O4. The summed E-state index contributed by atoms with van der Waals surface area (Å²) in [6.45, 7) is 0.867. The zero-order valence-corrected chi connectivity index (χ0v) is 21.3. The van der Waals surface area contributed by atoms with Gasteiger partial charge >= 0.3 is 6.09 Å². The Morgan fingerprint density at radius 2 is 1.92 bits per heavy atom. The fourth-order valence-corrected chi connectivity index (χ4v) is 5.17. The average molecular weight is 551 g/mol. The quantitative estimate of drug-likeness (QED) is 0.470. The van der Waals surface area contributed by atoms with E-state index < -0.39 is 12.1 Å². The molecule has 5 rings (SSSR count). The normalized spacial score (nSPS) is 21.2. The smallest absolute Gasteiger partial charge is 0.410 e. The van der Waals surface area contributed by atoms with Gasteiger partial charge in [-0.05, 0) is 52.4 Å². The summed E-state index contributed by atoms with van der Waals surface area (Å²) in [5.41, 5.74) is 2.86. The molecule has 9 heteroatoms. The second kappa shape index (κ2) is 11.1. The first-order valence-corrected chi connectivity index (χ1v) is 12.8. The van der Waals surface area contributed by atoms with Gasteiger partial charge in [0.05, 0.1) is 12.1 Å². The average Bonchev–Trinajstić information content (AvgIpc) is 3.52. The van der Waals surface area contributed by atoms with Gasteiger partial charge in [0, 0.05) is 30.1 Å². The van der Waals surface area contributed by atoms with Gasteiger partial charge < -0.3 is 14.9 Å². The summed E-state index contributed by atoms with van der Waals surface area (Å²) < 4.78 is 6.37. The molecule has 1 fully saturated rings. The minimum absolute atomic E-state index is 0.0894. The highest BCUT2D eigenvalue weighted by Gasteiger charge is 2.40. The number of para-hydroxylation sites is 1. The second-order valence-electron chi connectivity index (χ2n) is 9.19. The molecule has 36 heavy (non-hydrogen) atoms. The first-order chi connectivity index (χ1) is 17.5. The Hall–Kier alpha value is -3.46. The minimum Gasteiger partial charge on any atom is -0.444 e. The molecule has 3 unspecified atom stereocenters. The minimum atomic E-state index is -0.605. The number of aromatic nitrogens is 1. The molecule has 0 radical (unpaired) electrons. The third-order valence-corrected chi connectivity index (χ3v) is 6.97. The van der Waals surface area contributed by atoms with Gasteiger partial charge in [0.1, 0.15) is 17.3 Å². The van der Waals surface area contributed by atoms with E-state index in [1.807, 2.05) is 48.5 Å². The number of hydrogen-bond acceptors (Lipinski definition) is 6. The number of benzene rings is 2. The van der Waals surface area contributed by atoms with Crippen LogP contribution >= 0.6 is 15.9 Å². The van der Waals surface area contributed by atoms with Crippen LogP contribution in [0.3, 0.4) is 0 Å². The molecule has 0 saturated carbocycles. The molecule has 0 bridgehead atoms. The molecule has 2 aliphatic heterocycles. The standard InChI is InChI=1S/C27H27BrN4O4/c28-25-13-22(36-31-25)15-30-26(33)24-12-19(10-18-6-2-1-3-7-18)16-32(24)27(34)35-17-20-11-21-8-4-5-9-23(21)29-14-20/h1-9,11,14,19,22,24H,10,12-13,15-17H2,(H,30,33). The Kier molecular flexibility index (Phi) is 7.46. The number of oxime groups is 1. The van der Waals surface area contributed by atoms with Crippen LogP contribution in [0.15, 0.2) is 72.0 Å². The van der Waals surface area contributed by atoms with Crippen LogP contribution in [0.5, 0.6) is 0 Å². The number of rotatable bonds is 7. The summed E-state index contributed by atoms with van der Waals surface area (Å²) in [6, 6.07) is 19.3. The van der Waals surface area contributed by atoms with Crippen LogP contribution in [0.25, 0.3) is 10.9 Å². The van der Waals surface area contributed by atoms with Crippen molar-refractivity contribution < 1.29 is 19.2 Å². The van der Waals surface area contributed by atoms with E-state index in [2.05, 4.69) is 43.5 Å². The summed E-state index contributed by atoms with van der Waals surface area (Å²) in [7, 11) is 0. The lowest BCUT2D eigenvalue weighted by molar-refractivity contribution is -0.125. The Bertz CT molecular complexity index is 1270. The third kappa shape index (κ3) is 5.84. The fourth-order valence-electron chi connectivity index (χ4n) is 4.73. The van der Waals surface area contributed by atoms with E-state index in [0.717, 1.165) is 27.5 Å². The van der Waals surface area contributed by atoms with Gasteiger partial charge in [-0.1, -0.05) is 53.7 Å². The lowest BCUT2D eigenvalue weighted by atomic mass is 9.96. The van der Waals surface area contributed by atoms with E-state index in [9.17, 15) is 9.59 Å². The molecule has 186 valence electrons. The zero-order chi connectivity index (χ0) is 24.9. The molecule has 2 aliphatic rings. The van der Waals surface area contributed by atoms with Gasteiger partial charge in [-0.3, -0.25) is 14.7 Å². The molecule has 8 nitrogen and oxygen atoms in total. The van der Waals surface area contributed by atoms with Gasteiger partial charge in [-0.15, -0.1) is 0 Å². The maximum absolute atomic E-state index is 13.2. The number of halogens is 1. The molecule has 1 N–H and O–H groups in total. The summed E-state index contributed by atoms with van der Waals surface area (Å²) in [4.78, 5) is 37.6. The van der Waals surface area contributed by atoms with Gasteiger partial charge in [0.2, 0.25) is 5.91 Å². The van der Waals surface area contributed by atoms with Crippen LogP contribution in [-0.4, -0.2) is 51.7 Å². The van der Waals surface area contributed by atoms with Crippen molar-refractivity contribution in [3.63, 3.8) is 0 Å². The maximum Gasteiger partial charge on any atom is 0.410 e. The Morgan fingerprint density at radius 1 is 1.11 bits per heavy atom. The van der Waals surface area contributed by atoms with E-state index in [1.165, 1.54) is 5.56 Å². The van der Waals surface area contributed by atoms with Crippen LogP contribution in [0.4, 0.5) is 4.79 Å². The van der Waals surface area contributed by atoms with Gasteiger partial charge in [0.15, 0.2) is 6.10 Å². The van der Waals surface area contributed by atoms with E-state index in [-0.39, 0.29) is 24.5 Å². The number of ether oxygens (including phenoxy) is 1. The van der Waals surface area contributed by atoms with Crippen LogP contribution in [0.1, 0.15) is 24.0 Å². The van der Waals surface area contributed by atoms with Gasteiger partial charge in [-0.25, -0.2) is 4.79 Å². The highest BCUT2D eigenvalue weighted by Crippen LogP contribution is 2.28. The van der Waals surface area contributed by atoms with Crippen LogP contribution in [0.2, 0.25) is 0 Å². The monoisotopic (exact) mass is 550 g/mol. The highest BCUT2D eigenvalue weighted by molar-refractivity contribution is 9.18. The molecule has 0 aliphatic carbocycles. The van der Waals surface area contributed by atoms with Crippen molar-refractivity contribution in [3.8, 4) is 0 Å². The summed E-state index contributed by atoms with van der Waals surface area (Å²) >= 11 is 3.31. The molecule has 3 heterocycles. The number of carbonyl (C=O) groups excluding carboxylic acids is 2. The molecule has 3 atom stereocenters. The summed E-state index contributed by atoms with van der Waals surface area (Å²) in [6.07, 6.45) is 2.96. The third-order valence-electron chi connectivity index (χ3n) is 6.50. The number of nitrogens with one attached hydrogen (secondary N) is 1. The number of amides is 2. The molecule has 2 aromatic carbocycles. The number of likely N-dealkylation sites (tertiary alicyclic amines) is 1. The maximum atomic E-state index is 13.2. The van der Waals surface area contributed by atoms with Crippen LogP contribution < -0.4 is 5.32 Å². The lowest BCUT2D eigenvalue weighted by Crippen LogP contribution is -2.47. The first-order valence-electron chi connectivity index (χ1n) is 12.0. The van der Waals surface area contributed by atoms with Crippen LogP contribution in [-0.2, 0) is 27.4 Å². The zero-order valence-electron chi connectivity index (χ0n) is 19.7. The number of hydrogen-bond donors (Lipinski definition) is 1. The number of pyridine rings is 1. The van der Waals surface area contributed by atoms with Crippen molar-refractivity contribution >= 4 is 43.5 Å². The predicted octanol–water partition coefficient (Wildman–Crippen LogP) is 4.42. The molecule has 2 amide bonds. The van der Waals surface area contributed by atoms with Crippen molar-refractivity contribution in [1.29, 1.82) is 0 Å². The first kappa shape index (κ1) is 24.2. The van der Waals surface area contributed by atoms with Gasteiger partial charge in [-0.2, -0.15) is 0 Å². The number of nitrogens with zero attached hydrogens (tertiary/aromatic N) is 3. The van der Waals surface area contributed by atoms with Crippen LogP contribution in [0, 0.1) is 5.92 Å². The predicted molar refractivity (Wildman–Crippen MR) is 140 cm³/mol. The van der Waals surface area contributed by atoms with Gasteiger partial charge in [0.25, 0.3) is 0 Å². The van der Waals surface area contributed by atoms with Crippen molar-refractivity contribution in [2.45, 2.75) is 38.0 Å². The van der Waals surface area contributed by atoms with Crippen molar-refractivity contribution in [3.05, 3.63) is 78.0 Å². The number of fused-ring (bicyclic) bond motifs is 1. The van der Waals surface area contributed by atoms with Crippen molar-refractivity contribution in [2.24, 2.45) is 11.1 Å². The molecule has 0 spiro atoms. The van der Waals surface area contributed by atoms with E-state index in [1.54, 1.807) is 11.1 Å². The van der Waals surface area contributed by atoms with E-state index in [0.29, 0.717) is 25.9 Å². The Morgan fingerprint density at radius 3 is 2.72 bits per heavy atom. The molecule has 3 aromatic rings. The van der Waals surface area contributed by atoms with Crippen molar-refractivity contribution in [1.82, 2.24) is 15.2 Å². The Balaban J connectivity index is 1.24. The Labute approximate surface area is 217 Å². The molecular weight excluding hydrogens is 524 g/mol. The van der Waals surface area contributed by atoms with E-state index in [4.69, 9.17) is 9.57 Å². The van der Waals surface area contributed by atoms with E-state index >= 15 is 0 Å². The van der Waals surface area contributed by atoms with Crippen molar-refractivity contribution in [2.75, 3.05) is 13.1 Å². The number of carbonyl (C=O) groups is 2.